The molecule has 6 heteroatoms. The molecule has 3 aromatic rings. The molecule has 0 aliphatic carbocycles. The number of ether oxygens (including phenoxy) is 2. The van der Waals surface area contributed by atoms with Gasteiger partial charge >= 0.3 is 0 Å². The third-order valence-electron chi connectivity index (χ3n) is 3.60. The van der Waals surface area contributed by atoms with Crippen LogP contribution in [0.1, 0.15) is 13.8 Å². The van der Waals surface area contributed by atoms with E-state index in [-0.39, 0.29) is 12.8 Å². The zero-order chi connectivity index (χ0) is 17.8. The highest BCUT2D eigenvalue weighted by atomic mass is 35.5. The minimum atomic E-state index is 0.144. The lowest BCUT2D eigenvalue weighted by atomic mass is 10.0. The maximum absolute atomic E-state index is 6.37. The maximum Gasteiger partial charge on any atom is 0.223 e. The van der Waals surface area contributed by atoms with E-state index in [0.717, 1.165) is 22.0 Å². The number of nitrogens with zero attached hydrogens (tertiary/aromatic N) is 2. The highest BCUT2D eigenvalue weighted by Gasteiger charge is 2.13. The second-order valence-electron chi connectivity index (χ2n) is 5.93. The van der Waals surface area contributed by atoms with Crippen molar-refractivity contribution in [1.29, 1.82) is 0 Å². The molecule has 1 heterocycles. The third kappa shape index (κ3) is 4.00. The molecule has 25 heavy (non-hydrogen) atoms. The lowest BCUT2D eigenvalue weighted by molar-refractivity contribution is 0.0516. The van der Waals surface area contributed by atoms with Crippen LogP contribution in [0.4, 0.5) is 5.95 Å². The van der Waals surface area contributed by atoms with Crippen LogP contribution in [0.3, 0.4) is 0 Å². The molecule has 0 atom stereocenters. The number of hydrogen-bond donors (Lipinski definition) is 1. The van der Waals surface area contributed by atoms with Gasteiger partial charge in [-0.15, -0.1) is 0 Å². The second kappa shape index (κ2) is 7.68. The lowest BCUT2D eigenvalue weighted by Gasteiger charge is -2.14. The van der Waals surface area contributed by atoms with Crippen LogP contribution in [0.5, 0.6) is 5.75 Å². The average Bonchev–Trinajstić information content (AvgIpc) is 2.59. The van der Waals surface area contributed by atoms with Gasteiger partial charge in [-0.3, -0.25) is 0 Å². The number of methoxy groups -OCH3 is 1. The zero-order valence-corrected chi connectivity index (χ0v) is 15.2. The first-order valence-electron chi connectivity index (χ1n) is 8.02. The Balaban J connectivity index is 2.13. The zero-order valence-electron chi connectivity index (χ0n) is 14.4. The molecule has 0 radical (unpaired) electrons. The summed E-state index contributed by atoms with van der Waals surface area (Å²) in [6.07, 6.45) is 1.80. The Bertz CT molecular complexity index is 884. The largest absolute Gasteiger partial charge is 0.467 e. The summed E-state index contributed by atoms with van der Waals surface area (Å²) in [6, 6.07) is 11.8. The van der Waals surface area contributed by atoms with Crippen molar-refractivity contribution in [2.45, 2.75) is 19.9 Å². The number of rotatable bonds is 6. The molecule has 2 aromatic carbocycles. The van der Waals surface area contributed by atoms with Crippen molar-refractivity contribution in [2.24, 2.45) is 0 Å². The van der Waals surface area contributed by atoms with Gasteiger partial charge in [0.1, 0.15) is 5.75 Å². The van der Waals surface area contributed by atoms with Crippen molar-refractivity contribution in [1.82, 2.24) is 9.97 Å². The second-order valence-corrected chi connectivity index (χ2v) is 6.34. The van der Waals surface area contributed by atoms with E-state index < -0.39 is 0 Å². The molecular formula is C19H20ClN3O2. The monoisotopic (exact) mass is 357 g/mol. The fourth-order valence-electron chi connectivity index (χ4n) is 2.52. The third-order valence-corrected chi connectivity index (χ3v) is 3.92. The summed E-state index contributed by atoms with van der Waals surface area (Å²) in [4.78, 5) is 8.94. The van der Waals surface area contributed by atoms with E-state index in [1.807, 2.05) is 50.2 Å². The Morgan fingerprint density at radius 3 is 2.68 bits per heavy atom. The van der Waals surface area contributed by atoms with Crippen LogP contribution in [0.2, 0.25) is 5.02 Å². The predicted molar refractivity (Wildman–Crippen MR) is 101 cm³/mol. The Kier molecular flexibility index (Phi) is 5.36. The number of fused-ring (bicyclic) bond motifs is 1. The number of anilines is 1. The van der Waals surface area contributed by atoms with Crippen molar-refractivity contribution < 1.29 is 9.47 Å². The summed E-state index contributed by atoms with van der Waals surface area (Å²) in [7, 11) is 1.59. The summed E-state index contributed by atoms with van der Waals surface area (Å²) >= 11 is 6.37. The van der Waals surface area contributed by atoms with Crippen molar-refractivity contribution >= 4 is 28.5 Å². The van der Waals surface area contributed by atoms with Crippen LogP contribution in [0.25, 0.3) is 22.0 Å². The Morgan fingerprint density at radius 1 is 1.16 bits per heavy atom. The average molecular weight is 358 g/mol. The SMILES string of the molecule is COCOc1cc2nc(NC(C)C)ncc2cc1-c1ccccc1Cl. The molecule has 0 amide bonds. The van der Waals surface area contributed by atoms with E-state index in [2.05, 4.69) is 15.3 Å². The Hall–Kier alpha value is -2.37. The van der Waals surface area contributed by atoms with Crippen molar-refractivity contribution in [3.05, 3.63) is 47.6 Å². The molecule has 0 saturated carbocycles. The van der Waals surface area contributed by atoms with Gasteiger partial charge in [0.15, 0.2) is 6.79 Å². The molecule has 0 aliphatic heterocycles. The first-order valence-corrected chi connectivity index (χ1v) is 8.40. The molecule has 0 unspecified atom stereocenters. The van der Waals surface area contributed by atoms with Crippen molar-refractivity contribution in [3.8, 4) is 16.9 Å². The van der Waals surface area contributed by atoms with Gasteiger partial charge in [0.05, 0.1) is 5.52 Å². The van der Waals surface area contributed by atoms with Gasteiger partial charge < -0.3 is 14.8 Å². The molecule has 130 valence electrons. The van der Waals surface area contributed by atoms with Crippen LogP contribution < -0.4 is 10.1 Å². The van der Waals surface area contributed by atoms with Gasteiger partial charge in [-0.05, 0) is 26.0 Å². The van der Waals surface area contributed by atoms with E-state index in [1.54, 1.807) is 13.3 Å². The van der Waals surface area contributed by atoms with Gasteiger partial charge in [0.2, 0.25) is 5.95 Å². The van der Waals surface area contributed by atoms with Crippen LogP contribution >= 0.6 is 11.6 Å². The summed E-state index contributed by atoms with van der Waals surface area (Å²) in [5.74, 6) is 1.25. The highest BCUT2D eigenvalue weighted by molar-refractivity contribution is 6.33. The molecule has 0 fully saturated rings. The van der Waals surface area contributed by atoms with Crippen LogP contribution in [-0.4, -0.2) is 29.9 Å². The van der Waals surface area contributed by atoms with Crippen molar-refractivity contribution in [3.63, 3.8) is 0 Å². The first kappa shape index (κ1) is 17.5. The fraction of sp³-hybridized carbons (Fsp3) is 0.263. The molecule has 1 N–H and O–H groups in total. The highest BCUT2D eigenvalue weighted by Crippen LogP contribution is 2.37. The molecular weight excluding hydrogens is 338 g/mol. The van der Waals surface area contributed by atoms with Crippen LogP contribution in [-0.2, 0) is 4.74 Å². The number of aromatic nitrogens is 2. The Morgan fingerprint density at radius 2 is 1.96 bits per heavy atom. The summed E-state index contributed by atoms with van der Waals surface area (Å²) in [5, 5.41) is 4.77. The lowest BCUT2D eigenvalue weighted by Crippen LogP contribution is -2.12. The molecule has 3 rings (SSSR count). The van der Waals surface area contributed by atoms with Gasteiger partial charge in [-0.2, -0.15) is 0 Å². The van der Waals surface area contributed by atoms with Crippen LogP contribution in [0.15, 0.2) is 42.6 Å². The summed E-state index contributed by atoms with van der Waals surface area (Å²) in [5.41, 5.74) is 2.56. The smallest absolute Gasteiger partial charge is 0.223 e. The minimum Gasteiger partial charge on any atom is -0.467 e. The predicted octanol–water partition coefficient (Wildman–Crippen LogP) is 4.75. The molecule has 0 saturated heterocycles. The fourth-order valence-corrected chi connectivity index (χ4v) is 2.76. The van der Waals surface area contributed by atoms with Gasteiger partial charge in [0, 0.05) is 47.0 Å². The molecule has 1 aromatic heterocycles. The van der Waals surface area contributed by atoms with Gasteiger partial charge in [0.25, 0.3) is 0 Å². The number of nitrogens with one attached hydrogen (secondary N) is 1. The standard InChI is InChI=1S/C19H20ClN3O2/c1-12(2)22-19-21-10-13-8-15(14-6-4-5-7-16(14)20)18(25-11-24-3)9-17(13)23-19/h4-10,12H,11H2,1-3H3,(H,21,22,23). The van der Waals surface area contributed by atoms with E-state index in [1.165, 1.54) is 0 Å². The van der Waals surface area contributed by atoms with E-state index in [9.17, 15) is 0 Å². The maximum atomic E-state index is 6.37. The molecule has 0 spiro atoms. The summed E-state index contributed by atoms with van der Waals surface area (Å²) < 4.78 is 10.8. The minimum absolute atomic E-state index is 0.144. The first-order chi connectivity index (χ1) is 12.1. The number of hydrogen-bond acceptors (Lipinski definition) is 5. The van der Waals surface area contributed by atoms with Gasteiger partial charge in [-0.25, -0.2) is 9.97 Å². The molecule has 5 nitrogen and oxygen atoms in total. The topological polar surface area (TPSA) is 56.3 Å². The van der Waals surface area contributed by atoms with Crippen molar-refractivity contribution in [2.75, 3.05) is 19.2 Å². The van der Waals surface area contributed by atoms with E-state index in [4.69, 9.17) is 21.1 Å². The Labute approximate surface area is 152 Å². The normalized spacial score (nSPS) is 11.1. The number of halogens is 1. The molecule has 0 bridgehead atoms. The van der Waals surface area contributed by atoms with E-state index in [0.29, 0.717) is 16.7 Å². The quantitative estimate of drug-likeness (QED) is 0.645. The number of benzene rings is 2. The van der Waals surface area contributed by atoms with Crippen LogP contribution in [0, 0.1) is 0 Å². The van der Waals surface area contributed by atoms with E-state index >= 15 is 0 Å². The molecule has 0 aliphatic rings. The van der Waals surface area contributed by atoms with Gasteiger partial charge in [-0.1, -0.05) is 29.8 Å². The summed E-state index contributed by atoms with van der Waals surface area (Å²) in [6.45, 7) is 4.23.